The van der Waals surface area contributed by atoms with Gasteiger partial charge in [0.25, 0.3) is 5.91 Å². The van der Waals surface area contributed by atoms with Gasteiger partial charge in [-0.2, -0.15) is 0 Å². The maximum absolute atomic E-state index is 11.8. The van der Waals surface area contributed by atoms with Gasteiger partial charge in [-0.3, -0.25) is 14.5 Å². The first-order valence-electron chi connectivity index (χ1n) is 6.14. The molecule has 0 bridgehead atoms. The average molecular weight is 263 g/mol. The van der Waals surface area contributed by atoms with Crippen LogP contribution in [0.25, 0.3) is 0 Å². The molecule has 1 atom stereocenters. The average Bonchev–Trinajstić information content (AvgIpc) is 2.62. The van der Waals surface area contributed by atoms with Crippen LogP contribution < -0.4 is 11.1 Å². The highest BCUT2D eigenvalue weighted by Crippen LogP contribution is 2.21. The standard InChI is InChI=1S/C12H17N5O2/c1-4-8-15-10(13)6(2)11(16-8)14-7-5-9(18)17(3)12(7)19/h7H,4-5H2,1-3H3,(H3,13,14,15,16). The number of nitrogens with two attached hydrogens (primary N) is 1. The lowest BCUT2D eigenvalue weighted by Gasteiger charge is -2.15. The molecule has 0 aromatic carbocycles. The molecular formula is C12H17N5O2. The van der Waals surface area contributed by atoms with Gasteiger partial charge in [0.15, 0.2) is 0 Å². The van der Waals surface area contributed by atoms with E-state index in [-0.39, 0.29) is 18.2 Å². The predicted octanol–water partition coefficient (Wildman–Crippen LogP) is 0.0988. The summed E-state index contributed by atoms with van der Waals surface area (Å²) in [7, 11) is 1.48. The number of carbonyl (C=O) groups excluding carboxylic acids is 2. The third-order valence-corrected chi connectivity index (χ3v) is 3.24. The molecule has 19 heavy (non-hydrogen) atoms. The van der Waals surface area contributed by atoms with E-state index in [1.807, 2.05) is 6.92 Å². The van der Waals surface area contributed by atoms with Crippen molar-refractivity contribution < 1.29 is 9.59 Å². The number of hydrogen-bond donors (Lipinski definition) is 2. The van der Waals surface area contributed by atoms with Gasteiger partial charge in [-0.1, -0.05) is 6.92 Å². The molecule has 0 radical (unpaired) electrons. The Kier molecular flexibility index (Phi) is 3.37. The fraction of sp³-hybridized carbons (Fsp3) is 0.500. The summed E-state index contributed by atoms with van der Waals surface area (Å²) >= 11 is 0. The molecule has 1 aliphatic rings. The fourth-order valence-electron chi connectivity index (χ4n) is 1.91. The summed E-state index contributed by atoms with van der Waals surface area (Å²) in [6.45, 7) is 3.70. The maximum atomic E-state index is 11.8. The SMILES string of the molecule is CCc1nc(N)c(C)c(NC2CC(=O)N(C)C2=O)n1. The zero-order valence-corrected chi connectivity index (χ0v) is 11.2. The number of nitrogens with zero attached hydrogens (tertiary/aromatic N) is 3. The van der Waals surface area contributed by atoms with Crippen molar-refractivity contribution in [3.05, 3.63) is 11.4 Å². The van der Waals surface area contributed by atoms with Gasteiger partial charge in [0.05, 0.1) is 6.42 Å². The minimum atomic E-state index is -0.574. The molecule has 7 heteroatoms. The smallest absolute Gasteiger partial charge is 0.251 e. The Labute approximate surface area is 111 Å². The van der Waals surface area contributed by atoms with Crippen molar-refractivity contribution in [1.29, 1.82) is 0 Å². The number of hydrogen-bond acceptors (Lipinski definition) is 6. The topological polar surface area (TPSA) is 101 Å². The third kappa shape index (κ3) is 2.35. The molecule has 1 unspecified atom stereocenters. The highest BCUT2D eigenvalue weighted by atomic mass is 16.2. The Morgan fingerprint density at radius 1 is 1.42 bits per heavy atom. The van der Waals surface area contributed by atoms with Crippen molar-refractivity contribution in [2.45, 2.75) is 32.7 Å². The number of nitrogens with one attached hydrogen (secondary N) is 1. The van der Waals surface area contributed by atoms with E-state index in [1.54, 1.807) is 6.92 Å². The summed E-state index contributed by atoms with van der Waals surface area (Å²) in [6, 6.07) is -0.574. The van der Waals surface area contributed by atoms with E-state index < -0.39 is 6.04 Å². The predicted molar refractivity (Wildman–Crippen MR) is 70.4 cm³/mol. The molecule has 0 aliphatic carbocycles. The van der Waals surface area contributed by atoms with E-state index in [0.717, 1.165) is 4.90 Å². The third-order valence-electron chi connectivity index (χ3n) is 3.24. The van der Waals surface area contributed by atoms with Gasteiger partial charge >= 0.3 is 0 Å². The molecule has 0 spiro atoms. The summed E-state index contributed by atoms with van der Waals surface area (Å²) in [5.41, 5.74) is 6.49. The lowest BCUT2D eigenvalue weighted by atomic mass is 10.2. The number of anilines is 2. The van der Waals surface area contributed by atoms with Gasteiger partial charge in [-0.05, 0) is 6.92 Å². The molecule has 1 saturated heterocycles. The lowest BCUT2D eigenvalue weighted by Crippen LogP contribution is -2.32. The first-order valence-corrected chi connectivity index (χ1v) is 6.14. The van der Waals surface area contributed by atoms with Crippen LogP contribution in [0.1, 0.15) is 24.7 Å². The maximum Gasteiger partial charge on any atom is 0.251 e. The number of amides is 2. The summed E-state index contributed by atoms with van der Waals surface area (Å²) in [4.78, 5) is 32.9. The number of aromatic nitrogens is 2. The van der Waals surface area contributed by atoms with Gasteiger partial charge in [0.1, 0.15) is 23.5 Å². The normalized spacial score (nSPS) is 19.1. The number of carbonyl (C=O) groups is 2. The zero-order valence-electron chi connectivity index (χ0n) is 11.2. The summed E-state index contributed by atoms with van der Waals surface area (Å²) in [5, 5.41) is 2.99. The number of likely N-dealkylation sites (N-methyl/N-ethyl adjacent to an activating group) is 1. The second kappa shape index (κ2) is 4.83. The molecular weight excluding hydrogens is 246 g/mol. The van der Waals surface area contributed by atoms with Crippen LogP contribution in [0.3, 0.4) is 0 Å². The molecule has 1 aliphatic heterocycles. The fourth-order valence-corrected chi connectivity index (χ4v) is 1.91. The number of nitrogen functional groups attached to an aromatic ring is 1. The van der Waals surface area contributed by atoms with Crippen molar-refractivity contribution >= 4 is 23.5 Å². The van der Waals surface area contributed by atoms with Crippen LogP contribution in [0.15, 0.2) is 0 Å². The Morgan fingerprint density at radius 3 is 2.63 bits per heavy atom. The first-order chi connectivity index (χ1) is 8.93. The Bertz CT molecular complexity index is 543. The number of likely N-dealkylation sites (tertiary alicyclic amines) is 1. The number of imide groups is 1. The van der Waals surface area contributed by atoms with E-state index in [0.29, 0.717) is 29.4 Å². The highest BCUT2D eigenvalue weighted by molar-refractivity contribution is 6.06. The van der Waals surface area contributed by atoms with E-state index >= 15 is 0 Å². The summed E-state index contributed by atoms with van der Waals surface area (Å²) in [5.74, 6) is 1.07. The Balaban J connectivity index is 2.27. The van der Waals surface area contributed by atoms with E-state index in [2.05, 4.69) is 15.3 Å². The van der Waals surface area contributed by atoms with Gasteiger partial charge in [0, 0.05) is 19.0 Å². The van der Waals surface area contributed by atoms with Gasteiger partial charge in [-0.25, -0.2) is 9.97 Å². The minimum absolute atomic E-state index is 0.139. The molecule has 0 saturated carbocycles. The van der Waals surface area contributed by atoms with Crippen LogP contribution in [0.4, 0.5) is 11.6 Å². The number of aryl methyl sites for hydroxylation is 1. The monoisotopic (exact) mass is 263 g/mol. The quantitative estimate of drug-likeness (QED) is 0.750. The highest BCUT2D eigenvalue weighted by Gasteiger charge is 2.36. The summed E-state index contributed by atoms with van der Waals surface area (Å²) < 4.78 is 0. The van der Waals surface area contributed by atoms with Crippen LogP contribution in [0.2, 0.25) is 0 Å². The van der Waals surface area contributed by atoms with Gasteiger partial charge < -0.3 is 11.1 Å². The van der Waals surface area contributed by atoms with Crippen molar-refractivity contribution in [1.82, 2.24) is 14.9 Å². The largest absolute Gasteiger partial charge is 0.383 e. The molecule has 1 aromatic heterocycles. The molecule has 102 valence electrons. The van der Waals surface area contributed by atoms with Crippen molar-refractivity contribution in [3.63, 3.8) is 0 Å². The summed E-state index contributed by atoms with van der Waals surface area (Å²) in [6.07, 6.45) is 0.788. The van der Waals surface area contributed by atoms with Gasteiger partial charge in [-0.15, -0.1) is 0 Å². The van der Waals surface area contributed by atoms with Crippen LogP contribution in [-0.2, 0) is 16.0 Å². The molecule has 2 rings (SSSR count). The first kappa shape index (κ1) is 13.3. The molecule has 7 nitrogen and oxygen atoms in total. The van der Waals surface area contributed by atoms with Crippen molar-refractivity contribution in [2.24, 2.45) is 0 Å². The van der Waals surface area contributed by atoms with E-state index in [9.17, 15) is 9.59 Å². The minimum Gasteiger partial charge on any atom is -0.383 e. The second-order valence-electron chi connectivity index (χ2n) is 4.54. The Hall–Kier alpha value is -2.18. The van der Waals surface area contributed by atoms with Crippen LogP contribution in [0, 0.1) is 6.92 Å². The van der Waals surface area contributed by atoms with Gasteiger partial charge in [0.2, 0.25) is 5.91 Å². The molecule has 3 N–H and O–H groups in total. The Morgan fingerprint density at radius 2 is 2.11 bits per heavy atom. The number of rotatable bonds is 3. The van der Waals surface area contributed by atoms with Crippen LogP contribution in [0.5, 0.6) is 0 Å². The van der Waals surface area contributed by atoms with Crippen LogP contribution >= 0.6 is 0 Å². The van der Waals surface area contributed by atoms with Crippen molar-refractivity contribution in [2.75, 3.05) is 18.1 Å². The van der Waals surface area contributed by atoms with E-state index in [4.69, 9.17) is 5.73 Å². The van der Waals surface area contributed by atoms with Crippen molar-refractivity contribution in [3.8, 4) is 0 Å². The molecule has 2 heterocycles. The van der Waals surface area contributed by atoms with E-state index in [1.165, 1.54) is 7.05 Å². The molecule has 2 amide bonds. The molecule has 1 aromatic rings. The lowest BCUT2D eigenvalue weighted by molar-refractivity contribution is -0.136. The molecule has 1 fully saturated rings. The van der Waals surface area contributed by atoms with Crippen LogP contribution in [-0.4, -0.2) is 39.8 Å². The second-order valence-corrected chi connectivity index (χ2v) is 4.54. The zero-order chi connectivity index (χ0) is 14.2.